The third kappa shape index (κ3) is 4.37. The Kier molecular flexibility index (Phi) is 5.10. The van der Waals surface area contributed by atoms with E-state index >= 15 is 0 Å². The molecule has 2 atom stereocenters. The van der Waals surface area contributed by atoms with Crippen molar-refractivity contribution in [3.05, 3.63) is 16.1 Å². The normalized spacial score (nSPS) is 15.9. The Balaban J connectivity index is 2.68. The molecule has 98 valence electrons. The minimum absolute atomic E-state index is 0.0690. The molecule has 1 rings (SSSR count). The molecule has 0 amide bonds. The summed E-state index contributed by atoms with van der Waals surface area (Å²) in [5.74, 6) is 0. The van der Waals surface area contributed by atoms with Crippen LogP contribution in [0.1, 0.15) is 38.4 Å². The van der Waals surface area contributed by atoms with Crippen LogP contribution in [0.4, 0.5) is 0 Å². The van der Waals surface area contributed by atoms with E-state index in [0.717, 1.165) is 10.7 Å². The monoisotopic (exact) mass is 257 g/mol. The van der Waals surface area contributed by atoms with Gasteiger partial charge in [-0.2, -0.15) is 0 Å². The van der Waals surface area contributed by atoms with Gasteiger partial charge in [-0.15, -0.1) is 11.3 Å². The third-order valence-electron chi connectivity index (χ3n) is 2.63. The van der Waals surface area contributed by atoms with E-state index in [1.54, 1.807) is 11.3 Å². The zero-order chi connectivity index (χ0) is 13.1. The topological polar surface area (TPSA) is 42.4 Å². The fourth-order valence-corrected chi connectivity index (χ4v) is 2.57. The number of thiazole rings is 1. The molecular weight excluding hydrogens is 234 g/mol. The lowest BCUT2D eigenvalue weighted by Gasteiger charge is -2.33. The number of aromatic nitrogens is 1. The van der Waals surface area contributed by atoms with Gasteiger partial charge in [0.2, 0.25) is 0 Å². The highest BCUT2D eigenvalue weighted by molar-refractivity contribution is 7.09. The van der Waals surface area contributed by atoms with Crippen LogP contribution in [0, 0.1) is 12.3 Å². The highest BCUT2D eigenvalue weighted by Crippen LogP contribution is 2.26. The summed E-state index contributed by atoms with van der Waals surface area (Å²) in [5.41, 5.74) is 0.884. The Morgan fingerprint density at radius 2 is 2.12 bits per heavy atom. The van der Waals surface area contributed by atoms with Crippen LogP contribution in [0.25, 0.3) is 0 Å². The molecule has 0 radical (unpaired) electrons. The lowest BCUT2D eigenvalue weighted by Crippen LogP contribution is -2.41. The number of hydrogen-bond donors (Lipinski definition) is 1. The summed E-state index contributed by atoms with van der Waals surface area (Å²) in [6.45, 7) is 10.8. The fraction of sp³-hybridized carbons (Fsp3) is 0.769. The lowest BCUT2D eigenvalue weighted by molar-refractivity contribution is -0.0875. The van der Waals surface area contributed by atoms with Gasteiger partial charge >= 0.3 is 0 Å². The Hall–Kier alpha value is -0.450. The summed E-state index contributed by atoms with van der Waals surface area (Å²) in [5, 5.41) is 13.3. The van der Waals surface area contributed by atoms with Crippen molar-refractivity contribution in [2.24, 2.45) is 5.41 Å². The van der Waals surface area contributed by atoms with Crippen molar-refractivity contribution >= 4 is 11.3 Å². The first kappa shape index (κ1) is 14.6. The number of nitrogens with zero attached hydrogens (tertiary/aromatic N) is 1. The highest BCUT2D eigenvalue weighted by Gasteiger charge is 2.32. The molecule has 0 fully saturated rings. The fourth-order valence-electron chi connectivity index (χ4n) is 1.94. The smallest absolute Gasteiger partial charge is 0.0897 e. The number of aliphatic hydroxyl groups excluding tert-OH is 1. The summed E-state index contributed by atoms with van der Waals surface area (Å²) < 4.78 is 5.67. The largest absolute Gasteiger partial charge is 0.390 e. The van der Waals surface area contributed by atoms with Gasteiger partial charge in [-0.1, -0.05) is 20.8 Å². The number of ether oxygens (including phenoxy) is 1. The maximum absolute atomic E-state index is 10.3. The predicted molar refractivity (Wildman–Crippen MR) is 71.4 cm³/mol. The first-order valence-electron chi connectivity index (χ1n) is 6.05. The zero-order valence-electron chi connectivity index (χ0n) is 11.4. The van der Waals surface area contributed by atoms with Crippen LogP contribution in [0.3, 0.4) is 0 Å². The van der Waals surface area contributed by atoms with Crippen molar-refractivity contribution in [2.75, 3.05) is 6.61 Å². The Labute approximate surface area is 108 Å². The number of hydrogen-bond acceptors (Lipinski definition) is 4. The Morgan fingerprint density at radius 1 is 1.47 bits per heavy atom. The molecule has 0 aromatic carbocycles. The SMILES string of the molecule is CCOC(C(O)Cc1csc(C)n1)C(C)(C)C. The van der Waals surface area contributed by atoms with Crippen molar-refractivity contribution in [1.82, 2.24) is 4.98 Å². The first-order chi connectivity index (χ1) is 7.84. The minimum atomic E-state index is -0.503. The molecule has 1 aromatic heterocycles. The summed E-state index contributed by atoms with van der Waals surface area (Å²) in [4.78, 5) is 4.38. The minimum Gasteiger partial charge on any atom is -0.390 e. The van der Waals surface area contributed by atoms with Crippen molar-refractivity contribution in [3.8, 4) is 0 Å². The number of aryl methyl sites for hydroxylation is 1. The van der Waals surface area contributed by atoms with Gasteiger partial charge in [0.05, 0.1) is 22.9 Å². The quantitative estimate of drug-likeness (QED) is 0.882. The van der Waals surface area contributed by atoms with E-state index < -0.39 is 6.10 Å². The van der Waals surface area contributed by atoms with Crippen LogP contribution in [0.5, 0.6) is 0 Å². The van der Waals surface area contributed by atoms with E-state index in [2.05, 4.69) is 25.8 Å². The van der Waals surface area contributed by atoms with E-state index in [4.69, 9.17) is 4.74 Å². The van der Waals surface area contributed by atoms with E-state index in [0.29, 0.717) is 13.0 Å². The van der Waals surface area contributed by atoms with E-state index in [1.165, 1.54) is 0 Å². The average Bonchev–Trinajstić information content (AvgIpc) is 2.58. The van der Waals surface area contributed by atoms with Crippen LogP contribution in [-0.2, 0) is 11.2 Å². The Bertz CT molecular complexity index is 343. The van der Waals surface area contributed by atoms with Crippen LogP contribution >= 0.6 is 11.3 Å². The zero-order valence-corrected chi connectivity index (χ0v) is 12.2. The summed E-state index contributed by atoms with van der Waals surface area (Å²) in [7, 11) is 0. The molecule has 1 heterocycles. The second-order valence-electron chi connectivity index (χ2n) is 5.37. The molecule has 2 unspecified atom stereocenters. The lowest BCUT2D eigenvalue weighted by atomic mass is 9.84. The summed E-state index contributed by atoms with van der Waals surface area (Å²) >= 11 is 1.62. The maximum Gasteiger partial charge on any atom is 0.0897 e. The molecule has 0 bridgehead atoms. The second-order valence-corrected chi connectivity index (χ2v) is 6.43. The third-order valence-corrected chi connectivity index (χ3v) is 3.46. The predicted octanol–water partition coefficient (Wildman–Crippen LogP) is 2.81. The highest BCUT2D eigenvalue weighted by atomic mass is 32.1. The molecule has 17 heavy (non-hydrogen) atoms. The van der Waals surface area contributed by atoms with E-state index in [-0.39, 0.29) is 11.5 Å². The summed E-state index contributed by atoms with van der Waals surface area (Å²) in [6.07, 6.45) is -0.0994. The molecule has 0 aliphatic rings. The average molecular weight is 257 g/mol. The van der Waals surface area contributed by atoms with E-state index in [9.17, 15) is 5.11 Å². The molecule has 4 heteroatoms. The molecule has 0 aliphatic heterocycles. The molecule has 0 saturated carbocycles. The number of aliphatic hydroxyl groups is 1. The Morgan fingerprint density at radius 3 is 2.53 bits per heavy atom. The molecular formula is C13H23NO2S. The van der Waals surface area contributed by atoms with Crippen LogP contribution in [0.15, 0.2) is 5.38 Å². The summed E-state index contributed by atoms with van der Waals surface area (Å²) in [6, 6.07) is 0. The van der Waals surface area contributed by atoms with Gasteiger partial charge in [0.25, 0.3) is 0 Å². The molecule has 0 spiro atoms. The van der Waals surface area contributed by atoms with Crippen molar-refractivity contribution < 1.29 is 9.84 Å². The van der Waals surface area contributed by atoms with Gasteiger partial charge in [0.1, 0.15) is 0 Å². The van der Waals surface area contributed by atoms with Gasteiger partial charge in [0.15, 0.2) is 0 Å². The molecule has 0 aliphatic carbocycles. The van der Waals surface area contributed by atoms with Crippen molar-refractivity contribution in [3.63, 3.8) is 0 Å². The molecule has 0 saturated heterocycles. The van der Waals surface area contributed by atoms with Gasteiger partial charge in [-0.25, -0.2) is 4.98 Å². The standard InChI is InChI=1S/C13H23NO2S/c1-6-16-12(13(3,4)5)11(15)7-10-8-17-9(2)14-10/h8,11-12,15H,6-7H2,1-5H3. The van der Waals surface area contributed by atoms with Gasteiger partial charge < -0.3 is 9.84 Å². The second kappa shape index (κ2) is 5.94. The van der Waals surface area contributed by atoms with Gasteiger partial charge in [-0.3, -0.25) is 0 Å². The molecule has 1 aromatic rings. The van der Waals surface area contributed by atoms with Crippen molar-refractivity contribution in [1.29, 1.82) is 0 Å². The van der Waals surface area contributed by atoms with Crippen molar-refractivity contribution in [2.45, 2.75) is 53.2 Å². The van der Waals surface area contributed by atoms with Crippen LogP contribution < -0.4 is 0 Å². The van der Waals surface area contributed by atoms with Gasteiger partial charge in [0, 0.05) is 18.4 Å². The molecule has 1 N–H and O–H groups in total. The van der Waals surface area contributed by atoms with Crippen LogP contribution in [-0.4, -0.2) is 28.9 Å². The van der Waals surface area contributed by atoms with Crippen LogP contribution in [0.2, 0.25) is 0 Å². The molecule has 3 nitrogen and oxygen atoms in total. The van der Waals surface area contributed by atoms with Gasteiger partial charge in [-0.05, 0) is 19.3 Å². The number of rotatable bonds is 5. The first-order valence-corrected chi connectivity index (χ1v) is 6.93. The maximum atomic E-state index is 10.3. The van der Waals surface area contributed by atoms with E-state index in [1.807, 2.05) is 19.2 Å².